The molecule has 23 heteroatoms. The van der Waals surface area contributed by atoms with Crippen LogP contribution in [0.25, 0.3) is 0 Å². The van der Waals surface area contributed by atoms with Crippen molar-refractivity contribution in [3.05, 3.63) is 36.5 Å². The second kappa shape index (κ2) is 58.9. The predicted octanol–water partition coefficient (Wildman–Crippen LogP) is 10.9. The molecule has 18 unspecified atom stereocenters. The van der Waals surface area contributed by atoms with Gasteiger partial charge in [-0.15, -0.1) is 0 Å². The summed E-state index contributed by atoms with van der Waals surface area (Å²) < 4.78 is 34.8. The van der Waals surface area contributed by atoms with E-state index in [4.69, 9.17) is 28.4 Å². The summed E-state index contributed by atoms with van der Waals surface area (Å²) in [6.45, 7) is 2.14. The van der Waals surface area contributed by atoms with E-state index >= 15 is 0 Å². The number of nitrogens with one attached hydrogen (secondary N) is 2. The first kappa shape index (κ1) is 94.2. The van der Waals surface area contributed by atoms with Gasteiger partial charge in [-0.3, -0.25) is 9.59 Å². The van der Waals surface area contributed by atoms with Gasteiger partial charge in [0.1, 0.15) is 67.1 Å². The van der Waals surface area contributed by atoms with Crippen LogP contribution in [0, 0.1) is 0 Å². The van der Waals surface area contributed by atoms with Gasteiger partial charge < -0.3 is 100 Å². The van der Waals surface area contributed by atoms with Crippen molar-refractivity contribution in [3.8, 4) is 0 Å². The number of amides is 2. The molecule has 0 aromatic heterocycles. The van der Waals surface area contributed by atoms with Gasteiger partial charge in [-0.2, -0.15) is 0 Å². The Morgan fingerprint density at radius 2 is 0.942 bits per heavy atom. The third-order valence-corrected chi connectivity index (χ3v) is 20.6. The van der Waals surface area contributed by atoms with E-state index < -0.39 is 155 Å². The van der Waals surface area contributed by atoms with Crippen LogP contribution in [0.4, 0.5) is 0 Å². The van der Waals surface area contributed by atoms with E-state index in [0.29, 0.717) is 12.8 Å². The molecule has 0 radical (unpaired) electrons. The van der Waals surface area contributed by atoms with Gasteiger partial charge in [0.05, 0.1) is 50.7 Å². The fraction of sp³-hybridized carbons (Fsp3) is 0.887. The molecule has 3 rings (SSSR count). The fourth-order valence-electron chi connectivity index (χ4n) is 14.1. The van der Waals surface area contributed by atoms with Gasteiger partial charge in [0, 0.05) is 19.8 Å². The first-order chi connectivity index (χ1) is 49.9. The highest BCUT2D eigenvalue weighted by Crippen LogP contribution is 2.39. The van der Waals surface area contributed by atoms with Crippen LogP contribution in [-0.4, -0.2) is 215 Å². The average molecular weight is 1470 g/mol. The lowest BCUT2D eigenvalue weighted by Crippen LogP contribution is -2.70. The molecule has 3 aliphatic rings. The van der Waals surface area contributed by atoms with Crippen LogP contribution in [0.1, 0.15) is 316 Å². The molecule has 18 atom stereocenters. The Labute approximate surface area is 618 Å². The molecule has 0 aliphatic carbocycles. The highest BCUT2D eigenvalue weighted by Gasteiger charge is 2.60. The molecule has 0 saturated carbocycles. The predicted molar refractivity (Wildman–Crippen MR) is 398 cm³/mol. The van der Waals surface area contributed by atoms with Crippen LogP contribution < -0.4 is 10.6 Å². The lowest BCUT2D eigenvalue weighted by Gasteiger charge is -2.50. The van der Waals surface area contributed by atoms with Gasteiger partial charge >= 0.3 is 5.97 Å². The third-order valence-electron chi connectivity index (χ3n) is 20.6. The molecular formula is C80H146N2O21. The Bertz CT molecular complexity index is 2200. The maximum atomic E-state index is 13.5. The lowest BCUT2D eigenvalue weighted by atomic mass is 9.88. The zero-order chi connectivity index (χ0) is 75.3. The van der Waals surface area contributed by atoms with Crippen LogP contribution in [0.5, 0.6) is 0 Å². The quantitative estimate of drug-likeness (QED) is 0.0199. The Morgan fingerprint density at radius 1 is 0.515 bits per heavy atom. The number of hydrogen-bond acceptors (Lipinski definition) is 20. The number of rotatable bonds is 64. The summed E-state index contributed by atoms with van der Waals surface area (Å²) in [6.07, 6.45) is 38.0. The minimum Gasteiger partial charge on any atom is -0.477 e. The minimum atomic E-state index is -3.08. The third kappa shape index (κ3) is 39.2. The van der Waals surface area contributed by atoms with Gasteiger partial charge in [0.15, 0.2) is 12.6 Å². The average Bonchev–Trinajstić information content (AvgIpc) is 0.755. The number of aliphatic hydroxyl groups excluding tert-OH is 11. The van der Waals surface area contributed by atoms with Crippen LogP contribution >= 0.6 is 0 Å². The lowest BCUT2D eigenvalue weighted by molar-refractivity contribution is -0.386. The number of ether oxygens (including phenoxy) is 6. The zero-order valence-corrected chi connectivity index (χ0v) is 63.7. The monoisotopic (exact) mass is 1470 g/mol. The maximum Gasteiger partial charge on any atom is 0.364 e. The molecule has 3 fully saturated rings. The molecule has 3 heterocycles. The summed E-state index contributed by atoms with van der Waals surface area (Å²) in [6, 6.07) is -2.62. The van der Waals surface area contributed by atoms with Gasteiger partial charge in [-0.1, -0.05) is 281 Å². The SMILES string of the molecule is CCCCCCCCCCCC/C=C/C(O)C(COC1OC(CO)C(OC2OC(CO)C(O)C(OC3(C(=O)O)CC(O)C(NC(C)=O)C(C(O)C(O)CO)O3)C2O)C(O)C1O)NC(=O)CCCCCCCCCCCCCCCCCCC/C=C\C/C=C\CCCCCCCCCCCCCCC. The Balaban J connectivity index is 1.41. The van der Waals surface area contributed by atoms with Crippen molar-refractivity contribution in [3.63, 3.8) is 0 Å². The first-order valence-corrected chi connectivity index (χ1v) is 40.9. The number of hydrogen-bond donors (Lipinski definition) is 14. The van der Waals surface area contributed by atoms with Crippen molar-refractivity contribution < 1.29 is 104 Å². The van der Waals surface area contributed by atoms with Gasteiger partial charge in [-0.25, -0.2) is 4.79 Å². The van der Waals surface area contributed by atoms with E-state index in [1.807, 2.05) is 6.08 Å². The zero-order valence-electron chi connectivity index (χ0n) is 63.7. The van der Waals surface area contributed by atoms with E-state index in [0.717, 1.165) is 58.3 Å². The summed E-state index contributed by atoms with van der Waals surface area (Å²) in [5.41, 5.74) is 0. The van der Waals surface area contributed by atoms with Crippen molar-refractivity contribution in [2.45, 2.75) is 426 Å². The summed E-state index contributed by atoms with van der Waals surface area (Å²) in [5.74, 6) is -6.14. The molecule has 2 amide bonds. The summed E-state index contributed by atoms with van der Waals surface area (Å²) in [4.78, 5) is 38.6. The number of aliphatic hydroxyl groups is 11. The van der Waals surface area contributed by atoms with E-state index in [-0.39, 0.29) is 12.3 Å². The number of carboxylic acids is 1. The van der Waals surface area contributed by atoms with Crippen LogP contribution in [0.15, 0.2) is 36.5 Å². The summed E-state index contributed by atoms with van der Waals surface area (Å²) in [7, 11) is 0. The Morgan fingerprint density at radius 3 is 1.37 bits per heavy atom. The van der Waals surface area contributed by atoms with Crippen molar-refractivity contribution in [2.75, 3.05) is 26.4 Å². The summed E-state index contributed by atoms with van der Waals surface area (Å²) in [5, 5.41) is 136. The second-order valence-corrected chi connectivity index (χ2v) is 29.6. The van der Waals surface area contributed by atoms with Gasteiger partial charge in [0.25, 0.3) is 5.79 Å². The molecule has 602 valence electrons. The minimum absolute atomic E-state index is 0.201. The van der Waals surface area contributed by atoms with Crippen LogP contribution in [0.3, 0.4) is 0 Å². The van der Waals surface area contributed by atoms with Crippen molar-refractivity contribution in [2.24, 2.45) is 0 Å². The number of carbonyl (C=O) groups is 3. The largest absolute Gasteiger partial charge is 0.477 e. The number of allylic oxidation sites excluding steroid dienone is 5. The number of carboxylic acid groups (broad SMARTS) is 1. The van der Waals surface area contributed by atoms with Gasteiger partial charge in [0.2, 0.25) is 11.8 Å². The normalized spacial score (nSPS) is 26.7. The molecule has 3 aliphatic heterocycles. The topological polar surface area (TPSA) is 373 Å². The van der Waals surface area contributed by atoms with Crippen molar-refractivity contribution in [1.29, 1.82) is 0 Å². The fourth-order valence-corrected chi connectivity index (χ4v) is 14.1. The van der Waals surface area contributed by atoms with Crippen molar-refractivity contribution in [1.82, 2.24) is 10.6 Å². The van der Waals surface area contributed by atoms with Crippen molar-refractivity contribution >= 4 is 17.8 Å². The molecule has 0 aromatic carbocycles. The van der Waals surface area contributed by atoms with E-state index in [2.05, 4.69) is 48.8 Å². The highest BCUT2D eigenvalue weighted by molar-refractivity contribution is 5.77. The van der Waals surface area contributed by atoms with Crippen LogP contribution in [0.2, 0.25) is 0 Å². The molecule has 14 N–H and O–H groups in total. The molecular weight excluding hydrogens is 1320 g/mol. The standard InChI is InChI=1S/C80H146N2O21/c1-4-6-8-10-12-14-16-18-19-20-21-22-23-24-25-26-27-28-29-30-31-32-33-34-35-36-37-38-39-40-41-42-44-46-48-50-52-54-67(90)82-61(62(87)53-51-49-47-45-43-17-15-13-11-9-7-5-2)59-98-77-72(94)71(93)74(66(58-85)100-77)101-78-73(95)76(70(92)65(57-84)99-78)103-80(79(96)97)55-63(88)68(81-60(3)86)75(102-80)69(91)64(89)56-83/h25-26,28-29,51,53,61-66,68-78,83-85,87-89,91-95H,4-24,27,30-50,52,54-59H2,1-3H3,(H,81,86)(H,82,90)(H,96,97)/b26-25-,29-28-,53-51+. The molecule has 3 saturated heterocycles. The van der Waals surface area contributed by atoms with E-state index in [1.54, 1.807) is 6.08 Å². The molecule has 0 bridgehead atoms. The van der Waals surface area contributed by atoms with Crippen LogP contribution in [-0.2, 0) is 42.8 Å². The van der Waals surface area contributed by atoms with E-state index in [9.17, 15) is 75.7 Å². The maximum absolute atomic E-state index is 13.5. The highest BCUT2D eigenvalue weighted by atomic mass is 16.8. The molecule has 103 heavy (non-hydrogen) atoms. The van der Waals surface area contributed by atoms with E-state index in [1.165, 1.54) is 218 Å². The summed E-state index contributed by atoms with van der Waals surface area (Å²) >= 11 is 0. The molecule has 0 aromatic rings. The second-order valence-electron chi connectivity index (χ2n) is 29.6. The number of unbranched alkanes of at least 4 members (excludes halogenated alkanes) is 40. The number of carbonyl (C=O) groups excluding carboxylic acids is 2. The van der Waals surface area contributed by atoms with Gasteiger partial charge in [-0.05, 0) is 51.4 Å². The Kier molecular flexibility index (Phi) is 53.8. The smallest absolute Gasteiger partial charge is 0.364 e. The Hall–Kier alpha value is -3.05. The molecule has 0 spiro atoms. The first-order valence-electron chi connectivity index (χ1n) is 40.9. The number of aliphatic carboxylic acids is 1. The molecule has 23 nitrogen and oxygen atoms in total.